The zero-order valence-corrected chi connectivity index (χ0v) is 32.9. The van der Waals surface area contributed by atoms with Gasteiger partial charge in [-0.05, 0) is 79.6 Å². The quantitative estimate of drug-likeness (QED) is 0.169. The molecule has 4 aromatic heterocycles. The minimum Gasteiger partial charge on any atom is -0.424 e. The van der Waals surface area contributed by atoms with Crippen LogP contribution in [0, 0.1) is 13.8 Å². The number of benzene rings is 8. The Morgan fingerprint density at radius 1 is 0.400 bits per heavy atom. The van der Waals surface area contributed by atoms with Crippen molar-refractivity contribution < 1.29 is 4.74 Å². The molecule has 0 aliphatic carbocycles. The second-order valence-electron chi connectivity index (χ2n) is 15.5. The van der Waals surface area contributed by atoms with Crippen LogP contribution in [0.15, 0.2) is 182 Å². The third-order valence-electron chi connectivity index (χ3n) is 11.6. The monoisotopic (exact) mass is 772 g/mol. The molecule has 0 aliphatic heterocycles. The maximum atomic E-state index is 6.72. The maximum absolute atomic E-state index is 6.72. The molecule has 0 fully saturated rings. The average molecular weight is 773 g/mol. The Balaban J connectivity index is 1.06. The van der Waals surface area contributed by atoms with Crippen molar-refractivity contribution in [1.29, 1.82) is 0 Å². The molecule has 0 atom stereocenters. The van der Waals surface area contributed by atoms with Gasteiger partial charge < -0.3 is 13.9 Å². The molecule has 12 rings (SSSR count). The SMILES string of the molecule is Cc1cc(C)cc(-n2c3ccccc3c3c2ccc2c4ccccc4n(-c4cccc(Oc5nc(-c6ccccc6)nc(-n6c7ccccc7c7ccccc76)n5)c4)c23)c1. The van der Waals surface area contributed by atoms with Gasteiger partial charge in [0.05, 0.1) is 33.1 Å². The fourth-order valence-corrected chi connectivity index (χ4v) is 9.27. The van der Waals surface area contributed by atoms with E-state index in [1.165, 1.54) is 38.2 Å². The van der Waals surface area contributed by atoms with E-state index >= 15 is 0 Å². The summed E-state index contributed by atoms with van der Waals surface area (Å²) in [7, 11) is 0. The van der Waals surface area contributed by atoms with Gasteiger partial charge >= 0.3 is 6.01 Å². The molecule has 60 heavy (non-hydrogen) atoms. The van der Waals surface area contributed by atoms with E-state index in [-0.39, 0.29) is 6.01 Å². The molecule has 0 amide bonds. The summed E-state index contributed by atoms with van der Waals surface area (Å²) in [6.07, 6.45) is 0. The Bertz CT molecular complexity index is 3600. The molecule has 0 bridgehead atoms. The Morgan fingerprint density at radius 3 is 1.67 bits per heavy atom. The lowest BCUT2D eigenvalue weighted by atomic mass is 10.1. The Kier molecular flexibility index (Phi) is 7.53. The Labute approximate surface area is 345 Å². The summed E-state index contributed by atoms with van der Waals surface area (Å²) in [6.45, 7) is 4.33. The van der Waals surface area contributed by atoms with E-state index in [9.17, 15) is 0 Å². The van der Waals surface area contributed by atoms with Crippen LogP contribution in [0.1, 0.15) is 11.1 Å². The first kappa shape index (κ1) is 34.0. The average Bonchev–Trinajstić information content (AvgIpc) is 3.92. The largest absolute Gasteiger partial charge is 0.424 e. The van der Waals surface area contributed by atoms with Crippen LogP contribution in [-0.2, 0) is 0 Å². The van der Waals surface area contributed by atoms with Gasteiger partial charge in [0.2, 0.25) is 5.95 Å². The van der Waals surface area contributed by atoms with Gasteiger partial charge in [0.25, 0.3) is 0 Å². The van der Waals surface area contributed by atoms with E-state index in [0.29, 0.717) is 17.5 Å². The summed E-state index contributed by atoms with van der Waals surface area (Å²) in [5.41, 5.74) is 12.1. The highest BCUT2D eigenvalue weighted by Crippen LogP contribution is 2.42. The van der Waals surface area contributed by atoms with Crippen molar-refractivity contribution in [3.8, 4) is 40.5 Å². The number of ether oxygens (including phenoxy) is 1. The molecule has 4 heterocycles. The molecule has 7 heteroatoms. The minimum absolute atomic E-state index is 0.207. The summed E-state index contributed by atoms with van der Waals surface area (Å²) in [5, 5.41) is 7.03. The van der Waals surface area contributed by atoms with Gasteiger partial charge in [0.15, 0.2) is 5.82 Å². The summed E-state index contributed by atoms with van der Waals surface area (Å²) in [4.78, 5) is 15.0. The fourth-order valence-electron chi connectivity index (χ4n) is 9.27. The molecule has 0 radical (unpaired) electrons. The zero-order valence-electron chi connectivity index (χ0n) is 32.9. The minimum atomic E-state index is 0.207. The maximum Gasteiger partial charge on any atom is 0.327 e. The van der Waals surface area contributed by atoms with E-state index in [2.05, 4.69) is 155 Å². The molecule has 0 spiro atoms. The summed E-state index contributed by atoms with van der Waals surface area (Å²) in [5.74, 6) is 1.62. The number of rotatable bonds is 6. The van der Waals surface area contributed by atoms with Crippen LogP contribution in [0.3, 0.4) is 0 Å². The summed E-state index contributed by atoms with van der Waals surface area (Å²) >= 11 is 0. The Morgan fingerprint density at radius 2 is 0.983 bits per heavy atom. The van der Waals surface area contributed by atoms with Crippen LogP contribution < -0.4 is 4.74 Å². The molecule has 0 N–H and O–H groups in total. The van der Waals surface area contributed by atoms with E-state index < -0.39 is 0 Å². The van der Waals surface area contributed by atoms with Crippen LogP contribution in [0.5, 0.6) is 11.8 Å². The Hall–Kier alpha value is -8.03. The lowest BCUT2D eigenvalue weighted by Crippen LogP contribution is -2.06. The van der Waals surface area contributed by atoms with Crippen molar-refractivity contribution in [3.05, 3.63) is 193 Å². The predicted molar refractivity (Wildman–Crippen MR) is 244 cm³/mol. The van der Waals surface area contributed by atoms with Gasteiger partial charge in [0, 0.05) is 55.3 Å². The molecule has 0 saturated carbocycles. The van der Waals surface area contributed by atoms with Gasteiger partial charge in [-0.25, -0.2) is 0 Å². The molecule has 8 aromatic carbocycles. The van der Waals surface area contributed by atoms with Crippen LogP contribution in [0.4, 0.5) is 0 Å². The third-order valence-corrected chi connectivity index (χ3v) is 11.6. The first-order valence-corrected chi connectivity index (χ1v) is 20.2. The number of hydrogen-bond acceptors (Lipinski definition) is 4. The van der Waals surface area contributed by atoms with Crippen molar-refractivity contribution >= 4 is 65.4 Å². The highest BCUT2D eigenvalue weighted by molar-refractivity contribution is 6.26. The summed E-state index contributed by atoms with van der Waals surface area (Å²) in [6, 6.07) is 63.9. The normalized spacial score (nSPS) is 11.8. The molecule has 0 unspecified atom stereocenters. The van der Waals surface area contributed by atoms with Crippen molar-refractivity contribution in [1.82, 2.24) is 28.7 Å². The molecule has 7 nitrogen and oxygen atoms in total. The van der Waals surface area contributed by atoms with Gasteiger partial charge in [-0.3, -0.25) is 4.57 Å². The lowest BCUT2D eigenvalue weighted by molar-refractivity contribution is 0.439. The van der Waals surface area contributed by atoms with E-state index in [1.54, 1.807) is 0 Å². The van der Waals surface area contributed by atoms with Crippen LogP contribution in [0.2, 0.25) is 0 Å². The molecule has 284 valence electrons. The molecular weight excluding hydrogens is 737 g/mol. The first-order valence-electron chi connectivity index (χ1n) is 20.2. The smallest absolute Gasteiger partial charge is 0.327 e. The van der Waals surface area contributed by atoms with Crippen molar-refractivity contribution in [3.63, 3.8) is 0 Å². The van der Waals surface area contributed by atoms with Crippen molar-refractivity contribution in [2.45, 2.75) is 13.8 Å². The van der Waals surface area contributed by atoms with Gasteiger partial charge in [-0.2, -0.15) is 15.0 Å². The summed E-state index contributed by atoms with van der Waals surface area (Å²) < 4.78 is 13.6. The topological polar surface area (TPSA) is 62.7 Å². The standard InChI is InChI=1S/C53H36N6O/c1-33-29-34(2)31-37(30-33)57-47-26-13-9-22-43(47)49-48(57)28-27-42-41-21-8-10-23-44(41)58(50(42)49)36-17-14-18-38(32-36)60-53-55-51(35-15-4-3-5-16-35)54-52(56-53)59-45-24-11-6-19-39(45)40-20-7-12-25-46(40)59/h3-32H,1-2H3. The van der Waals surface area contributed by atoms with Gasteiger partial charge in [0.1, 0.15) is 5.75 Å². The van der Waals surface area contributed by atoms with Crippen molar-refractivity contribution in [2.75, 3.05) is 0 Å². The third kappa shape index (κ3) is 5.26. The van der Waals surface area contributed by atoms with Crippen LogP contribution in [0.25, 0.3) is 94.1 Å². The second-order valence-corrected chi connectivity index (χ2v) is 15.5. The first-order chi connectivity index (χ1) is 29.6. The highest BCUT2D eigenvalue weighted by Gasteiger charge is 2.22. The van der Waals surface area contributed by atoms with Crippen LogP contribution in [-0.4, -0.2) is 28.7 Å². The second kappa shape index (κ2) is 13.3. The van der Waals surface area contributed by atoms with E-state index in [4.69, 9.17) is 19.7 Å². The molecular formula is C53H36N6O. The zero-order chi connectivity index (χ0) is 39.9. The molecule has 0 saturated heterocycles. The fraction of sp³-hybridized carbons (Fsp3) is 0.0377. The number of hydrogen-bond donors (Lipinski definition) is 0. The highest BCUT2D eigenvalue weighted by atomic mass is 16.5. The van der Waals surface area contributed by atoms with E-state index in [1.807, 2.05) is 54.6 Å². The number of aromatic nitrogens is 6. The molecule has 0 aliphatic rings. The number of nitrogens with zero attached hydrogens (tertiary/aromatic N) is 6. The number of para-hydroxylation sites is 4. The predicted octanol–water partition coefficient (Wildman–Crippen LogP) is 13.2. The van der Waals surface area contributed by atoms with E-state index in [0.717, 1.165) is 55.3 Å². The number of fused-ring (bicyclic) bond motifs is 10. The lowest BCUT2D eigenvalue weighted by Gasteiger charge is -2.13. The van der Waals surface area contributed by atoms with Crippen molar-refractivity contribution in [2.24, 2.45) is 0 Å². The molecule has 12 aromatic rings. The number of aryl methyl sites for hydroxylation is 2. The van der Waals surface area contributed by atoms with Gasteiger partial charge in [-0.1, -0.05) is 121 Å². The van der Waals surface area contributed by atoms with Crippen LogP contribution >= 0.6 is 0 Å². The van der Waals surface area contributed by atoms with Gasteiger partial charge in [-0.15, -0.1) is 0 Å².